The lowest BCUT2D eigenvalue weighted by atomic mass is 9.74. The Morgan fingerprint density at radius 1 is 1.24 bits per heavy atom. The highest BCUT2D eigenvalue weighted by Gasteiger charge is 2.40. The van der Waals surface area contributed by atoms with E-state index in [9.17, 15) is 18.0 Å². The lowest BCUT2D eigenvalue weighted by Gasteiger charge is -2.41. The third-order valence-corrected chi connectivity index (χ3v) is 6.18. The molecule has 1 saturated carbocycles. The summed E-state index contributed by atoms with van der Waals surface area (Å²) < 4.78 is 27.0. The van der Waals surface area contributed by atoms with E-state index >= 15 is 0 Å². The van der Waals surface area contributed by atoms with Crippen molar-refractivity contribution >= 4 is 21.9 Å². The highest BCUT2D eigenvalue weighted by atomic mass is 32.2. The fourth-order valence-corrected chi connectivity index (χ4v) is 4.08. The van der Waals surface area contributed by atoms with E-state index in [4.69, 9.17) is 5.11 Å². The van der Waals surface area contributed by atoms with Crippen LogP contribution >= 0.6 is 0 Å². The Labute approximate surface area is 147 Å². The van der Waals surface area contributed by atoms with Gasteiger partial charge in [0.05, 0.1) is 16.9 Å². The molecule has 1 amide bonds. The minimum absolute atomic E-state index is 0.0910. The first kappa shape index (κ1) is 19.4. The molecule has 3 N–H and O–H groups in total. The Morgan fingerprint density at radius 2 is 1.84 bits per heavy atom. The van der Waals surface area contributed by atoms with Crippen molar-refractivity contribution in [2.45, 2.75) is 62.4 Å². The number of benzene rings is 1. The van der Waals surface area contributed by atoms with Crippen molar-refractivity contribution in [1.29, 1.82) is 0 Å². The van der Waals surface area contributed by atoms with Gasteiger partial charge in [-0.15, -0.1) is 0 Å². The number of amides is 1. The number of rotatable bonds is 8. The van der Waals surface area contributed by atoms with E-state index in [0.717, 1.165) is 6.42 Å². The maximum Gasteiger partial charge on any atom is 0.305 e. The van der Waals surface area contributed by atoms with E-state index in [-0.39, 0.29) is 23.3 Å². The predicted octanol–water partition coefficient (Wildman–Crippen LogP) is 1.89. The van der Waals surface area contributed by atoms with Crippen LogP contribution in [0.4, 0.5) is 0 Å². The number of hydrogen-bond donors (Lipinski definition) is 3. The maximum atomic E-state index is 12.4. The van der Waals surface area contributed by atoms with Gasteiger partial charge in [0.15, 0.2) is 0 Å². The molecule has 2 rings (SSSR count). The summed E-state index contributed by atoms with van der Waals surface area (Å²) in [5.74, 6) is -1.34. The Bertz CT molecular complexity index is 739. The molecule has 0 saturated heterocycles. The fourth-order valence-electron chi connectivity index (χ4n) is 2.75. The molecule has 1 aromatic carbocycles. The zero-order valence-electron chi connectivity index (χ0n) is 14.4. The second-order valence-electron chi connectivity index (χ2n) is 6.61. The Hall–Kier alpha value is -1.93. The average molecular weight is 368 g/mol. The number of aliphatic carboxylic acids is 1. The molecule has 0 bridgehead atoms. The van der Waals surface area contributed by atoms with Gasteiger partial charge < -0.3 is 10.4 Å². The summed E-state index contributed by atoms with van der Waals surface area (Å²) in [6.07, 6.45) is 2.72. The number of sulfonamides is 1. The molecule has 0 heterocycles. The minimum atomic E-state index is -3.62. The molecule has 0 spiro atoms. The zero-order chi connectivity index (χ0) is 18.7. The number of carbonyl (C=O) groups is 2. The number of hydrogen-bond acceptors (Lipinski definition) is 4. The van der Waals surface area contributed by atoms with Crippen LogP contribution < -0.4 is 10.0 Å². The van der Waals surface area contributed by atoms with Crippen LogP contribution in [0.3, 0.4) is 0 Å². The second-order valence-corrected chi connectivity index (χ2v) is 8.33. The van der Waals surface area contributed by atoms with Gasteiger partial charge in [-0.1, -0.05) is 6.92 Å². The Morgan fingerprint density at radius 3 is 2.28 bits per heavy atom. The molecule has 1 aliphatic carbocycles. The molecular formula is C17H24N2O5S. The van der Waals surface area contributed by atoms with Gasteiger partial charge in [-0.05, 0) is 56.9 Å². The van der Waals surface area contributed by atoms with E-state index in [1.165, 1.54) is 24.3 Å². The third kappa shape index (κ3) is 4.79. The van der Waals surface area contributed by atoms with Crippen molar-refractivity contribution in [2.24, 2.45) is 0 Å². The molecule has 1 aromatic rings. The van der Waals surface area contributed by atoms with Crippen LogP contribution in [0.1, 0.15) is 56.3 Å². The molecule has 0 aliphatic heterocycles. The van der Waals surface area contributed by atoms with Gasteiger partial charge in [-0.25, -0.2) is 13.1 Å². The lowest BCUT2D eigenvalue weighted by molar-refractivity contribution is -0.139. The predicted molar refractivity (Wildman–Crippen MR) is 92.8 cm³/mol. The topological polar surface area (TPSA) is 113 Å². The van der Waals surface area contributed by atoms with Crippen molar-refractivity contribution in [3.8, 4) is 0 Å². The van der Waals surface area contributed by atoms with Crippen LogP contribution in [-0.2, 0) is 14.8 Å². The molecule has 0 aromatic heterocycles. The van der Waals surface area contributed by atoms with Crippen molar-refractivity contribution in [1.82, 2.24) is 10.0 Å². The van der Waals surface area contributed by atoms with Crippen molar-refractivity contribution in [3.63, 3.8) is 0 Å². The average Bonchev–Trinajstić information content (AvgIpc) is 2.51. The molecule has 8 heteroatoms. The quantitative estimate of drug-likeness (QED) is 0.649. The molecule has 1 aliphatic rings. The lowest BCUT2D eigenvalue weighted by Crippen LogP contribution is -2.54. The first-order chi connectivity index (χ1) is 11.7. The molecule has 7 nitrogen and oxygen atoms in total. The summed E-state index contributed by atoms with van der Waals surface area (Å²) in [5, 5.41) is 11.8. The second kappa shape index (κ2) is 7.53. The highest BCUT2D eigenvalue weighted by Crippen LogP contribution is 2.35. The van der Waals surface area contributed by atoms with Crippen LogP contribution in [0, 0.1) is 0 Å². The van der Waals surface area contributed by atoms with E-state index in [1.54, 1.807) is 6.92 Å². The fraction of sp³-hybridized carbons (Fsp3) is 0.529. The molecule has 138 valence electrons. The maximum absolute atomic E-state index is 12.4. The molecule has 0 radical (unpaired) electrons. The first-order valence-electron chi connectivity index (χ1n) is 8.34. The summed E-state index contributed by atoms with van der Waals surface area (Å²) in [6, 6.07) is 5.46. The first-order valence-corrected chi connectivity index (χ1v) is 9.82. The van der Waals surface area contributed by atoms with E-state index in [1.807, 2.05) is 6.92 Å². The van der Waals surface area contributed by atoms with Crippen molar-refractivity contribution in [3.05, 3.63) is 29.8 Å². The van der Waals surface area contributed by atoms with E-state index in [2.05, 4.69) is 10.0 Å². The van der Waals surface area contributed by atoms with Crippen LogP contribution in [0.15, 0.2) is 29.2 Å². The highest BCUT2D eigenvalue weighted by molar-refractivity contribution is 7.89. The number of carboxylic acid groups (broad SMARTS) is 1. The zero-order valence-corrected chi connectivity index (χ0v) is 15.2. The van der Waals surface area contributed by atoms with Crippen LogP contribution in [0.2, 0.25) is 0 Å². The van der Waals surface area contributed by atoms with E-state index < -0.39 is 21.5 Å². The number of nitrogens with one attached hydrogen (secondary N) is 2. The van der Waals surface area contributed by atoms with Crippen LogP contribution in [0.25, 0.3) is 0 Å². The Kier molecular flexibility index (Phi) is 5.84. The normalized spacial score (nSPS) is 17.4. The number of carbonyl (C=O) groups excluding carboxylic acids is 1. The molecule has 1 unspecified atom stereocenters. The molecule has 1 fully saturated rings. The van der Waals surface area contributed by atoms with Crippen molar-refractivity contribution in [2.75, 3.05) is 0 Å². The van der Waals surface area contributed by atoms with Crippen LogP contribution in [0.5, 0.6) is 0 Å². The summed E-state index contributed by atoms with van der Waals surface area (Å²) in [5.41, 5.74) is -0.384. The summed E-state index contributed by atoms with van der Waals surface area (Å²) in [7, 11) is -3.62. The SMILES string of the molecule is CCC(C)NS(=O)(=O)c1ccc(C(=O)NC2(CC(=O)O)CCC2)cc1. The van der Waals surface area contributed by atoms with Gasteiger partial charge >= 0.3 is 5.97 Å². The van der Waals surface area contributed by atoms with E-state index in [0.29, 0.717) is 24.8 Å². The van der Waals surface area contributed by atoms with Crippen molar-refractivity contribution < 1.29 is 23.1 Å². The third-order valence-electron chi connectivity index (χ3n) is 4.57. The number of carboxylic acids is 1. The summed E-state index contributed by atoms with van der Waals surface area (Å²) in [6.45, 7) is 3.66. The molecule has 1 atom stereocenters. The molecule has 25 heavy (non-hydrogen) atoms. The Balaban J connectivity index is 2.09. The van der Waals surface area contributed by atoms with Gasteiger partial charge in [0.25, 0.3) is 5.91 Å². The monoisotopic (exact) mass is 368 g/mol. The van der Waals surface area contributed by atoms with Gasteiger partial charge in [0.1, 0.15) is 0 Å². The largest absolute Gasteiger partial charge is 0.481 e. The van der Waals surface area contributed by atoms with Gasteiger partial charge in [-0.3, -0.25) is 9.59 Å². The minimum Gasteiger partial charge on any atom is -0.481 e. The van der Waals surface area contributed by atoms with Gasteiger partial charge in [0.2, 0.25) is 10.0 Å². The van der Waals surface area contributed by atoms with Gasteiger partial charge in [0, 0.05) is 11.6 Å². The van der Waals surface area contributed by atoms with Gasteiger partial charge in [-0.2, -0.15) is 0 Å². The summed E-state index contributed by atoms with van der Waals surface area (Å²) >= 11 is 0. The van der Waals surface area contributed by atoms with Crippen LogP contribution in [-0.4, -0.2) is 37.0 Å². The summed E-state index contributed by atoms with van der Waals surface area (Å²) in [4.78, 5) is 23.4. The standard InChI is InChI=1S/C17H24N2O5S/c1-3-12(2)19-25(23,24)14-7-5-13(6-8-14)16(22)18-17(9-4-10-17)11-15(20)21/h5-8,12,19H,3-4,9-11H2,1-2H3,(H,18,22)(H,20,21). The smallest absolute Gasteiger partial charge is 0.305 e. The molecular weight excluding hydrogens is 344 g/mol.